The fourth-order valence-electron chi connectivity index (χ4n) is 0.835. The van der Waals surface area contributed by atoms with Gasteiger partial charge in [-0.2, -0.15) is 4.39 Å². The van der Waals surface area contributed by atoms with Crippen molar-refractivity contribution < 1.29 is 18.3 Å². The molecule has 14 heavy (non-hydrogen) atoms. The van der Waals surface area contributed by atoms with Gasteiger partial charge in [-0.25, -0.2) is 9.78 Å². The summed E-state index contributed by atoms with van der Waals surface area (Å²) in [6.07, 6.45) is 2.22. The first-order valence-electron chi connectivity index (χ1n) is 4.10. The molecular weight excluding hydrogens is 189 g/mol. The Labute approximate surface area is 80.4 Å². The minimum atomic E-state index is -0.992. The number of oxazole rings is 1. The highest BCUT2D eigenvalue weighted by Gasteiger charge is 2.10. The molecule has 0 saturated heterocycles. The van der Waals surface area contributed by atoms with Crippen LogP contribution in [0.4, 0.5) is 4.39 Å². The zero-order valence-electron chi connectivity index (χ0n) is 7.91. The maximum atomic E-state index is 13.0. The molecule has 0 unspecified atom stereocenters. The van der Waals surface area contributed by atoms with Crippen molar-refractivity contribution in [1.82, 2.24) is 4.98 Å². The van der Waals surface area contributed by atoms with Gasteiger partial charge in [-0.05, 0) is 6.92 Å². The monoisotopic (exact) mass is 199 g/mol. The van der Waals surface area contributed by atoms with Gasteiger partial charge in [0.25, 0.3) is 0 Å². The third kappa shape index (κ3) is 2.69. The van der Waals surface area contributed by atoms with Crippen molar-refractivity contribution in [2.75, 3.05) is 6.61 Å². The summed E-state index contributed by atoms with van der Waals surface area (Å²) in [6.45, 7) is 3.36. The summed E-state index contributed by atoms with van der Waals surface area (Å²) in [4.78, 5) is 14.6. The first kappa shape index (κ1) is 10.4. The van der Waals surface area contributed by atoms with E-state index in [-0.39, 0.29) is 12.3 Å². The standard InChI is InChI=1S/C9H10FNO3/c1-3-13-9(12)8(10)4-7-5-14-6(2)11-7/h4-5H,3H2,1-2H3. The first-order valence-corrected chi connectivity index (χ1v) is 4.10. The van der Waals surface area contributed by atoms with Crippen LogP contribution < -0.4 is 0 Å². The number of halogens is 1. The molecule has 0 N–H and O–H groups in total. The Bertz CT molecular complexity index is 357. The van der Waals surface area contributed by atoms with E-state index in [0.29, 0.717) is 5.89 Å². The summed E-state index contributed by atoms with van der Waals surface area (Å²) in [5.41, 5.74) is 0.257. The van der Waals surface area contributed by atoms with Crippen molar-refractivity contribution in [1.29, 1.82) is 0 Å². The molecule has 0 bridgehead atoms. The number of rotatable bonds is 3. The van der Waals surface area contributed by atoms with Crippen LogP contribution in [0.5, 0.6) is 0 Å². The molecule has 1 aromatic rings. The average molecular weight is 199 g/mol. The van der Waals surface area contributed by atoms with Gasteiger partial charge >= 0.3 is 5.97 Å². The van der Waals surface area contributed by atoms with Gasteiger partial charge in [0.2, 0.25) is 5.83 Å². The highest BCUT2D eigenvalue weighted by atomic mass is 19.1. The van der Waals surface area contributed by atoms with Crippen molar-refractivity contribution in [2.45, 2.75) is 13.8 Å². The quantitative estimate of drug-likeness (QED) is 0.550. The molecule has 0 aliphatic heterocycles. The summed E-state index contributed by atoms with van der Waals surface area (Å²) in [5, 5.41) is 0. The van der Waals surface area contributed by atoms with E-state index in [9.17, 15) is 9.18 Å². The number of aromatic nitrogens is 1. The molecule has 0 saturated carbocycles. The van der Waals surface area contributed by atoms with E-state index >= 15 is 0 Å². The van der Waals surface area contributed by atoms with Crippen molar-refractivity contribution in [3.8, 4) is 0 Å². The fraction of sp³-hybridized carbons (Fsp3) is 0.333. The number of carbonyl (C=O) groups excluding carboxylic acids is 1. The number of nitrogens with zero attached hydrogens (tertiary/aromatic N) is 1. The Kier molecular flexibility index (Phi) is 3.39. The maximum absolute atomic E-state index is 13.0. The summed E-state index contributed by atoms with van der Waals surface area (Å²) >= 11 is 0. The van der Waals surface area contributed by atoms with Gasteiger partial charge in [0, 0.05) is 13.0 Å². The van der Waals surface area contributed by atoms with Crippen LogP contribution in [0.2, 0.25) is 0 Å². The lowest BCUT2D eigenvalue weighted by Gasteiger charge is -1.96. The average Bonchev–Trinajstić information content (AvgIpc) is 2.51. The molecule has 1 aromatic heterocycles. The van der Waals surface area contributed by atoms with Gasteiger partial charge in [-0.15, -0.1) is 0 Å². The number of hydrogen-bond donors (Lipinski definition) is 0. The topological polar surface area (TPSA) is 52.3 Å². The first-order chi connectivity index (χ1) is 6.63. The minimum absolute atomic E-state index is 0.137. The zero-order chi connectivity index (χ0) is 10.6. The third-order valence-electron chi connectivity index (χ3n) is 1.38. The lowest BCUT2D eigenvalue weighted by atomic mass is 10.4. The van der Waals surface area contributed by atoms with Crippen LogP contribution in [-0.2, 0) is 9.53 Å². The minimum Gasteiger partial charge on any atom is -0.461 e. The van der Waals surface area contributed by atoms with Crippen LogP contribution in [0.25, 0.3) is 6.08 Å². The van der Waals surface area contributed by atoms with E-state index in [1.165, 1.54) is 6.26 Å². The molecule has 0 aliphatic carbocycles. The lowest BCUT2D eigenvalue weighted by molar-refractivity contribution is -0.140. The Balaban J connectivity index is 2.73. The van der Waals surface area contributed by atoms with E-state index in [4.69, 9.17) is 4.42 Å². The molecule has 76 valence electrons. The van der Waals surface area contributed by atoms with Gasteiger partial charge in [0.05, 0.1) is 6.61 Å². The molecule has 5 heteroatoms. The molecule has 0 aliphatic rings. The smallest absolute Gasteiger partial charge is 0.367 e. The van der Waals surface area contributed by atoms with Crippen LogP contribution in [0, 0.1) is 6.92 Å². The summed E-state index contributed by atoms with van der Waals surface area (Å²) in [5.74, 6) is -1.57. The Morgan fingerprint density at radius 1 is 1.79 bits per heavy atom. The summed E-state index contributed by atoms with van der Waals surface area (Å²) in [7, 11) is 0. The van der Waals surface area contributed by atoms with Crippen LogP contribution in [0.15, 0.2) is 16.5 Å². The largest absolute Gasteiger partial charge is 0.461 e. The van der Waals surface area contributed by atoms with E-state index < -0.39 is 11.8 Å². The molecule has 0 fully saturated rings. The predicted molar refractivity (Wildman–Crippen MR) is 47.0 cm³/mol. The normalized spacial score (nSPS) is 11.5. The molecule has 0 spiro atoms. The van der Waals surface area contributed by atoms with Crippen molar-refractivity contribution in [2.24, 2.45) is 0 Å². The maximum Gasteiger partial charge on any atom is 0.367 e. The Hall–Kier alpha value is -1.65. The van der Waals surface area contributed by atoms with E-state index in [1.807, 2.05) is 0 Å². The van der Waals surface area contributed by atoms with Gasteiger partial charge in [-0.1, -0.05) is 0 Å². The van der Waals surface area contributed by atoms with E-state index in [0.717, 1.165) is 6.08 Å². The van der Waals surface area contributed by atoms with Crippen LogP contribution >= 0.6 is 0 Å². The molecule has 0 radical (unpaired) electrons. The summed E-state index contributed by atoms with van der Waals surface area (Å²) < 4.78 is 22.3. The molecule has 1 rings (SSSR count). The Morgan fingerprint density at radius 2 is 2.50 bits per heavy atom. The lowest BCUT2D eigenvalue weighted by Crippen LogP contribution is -2.03. The van der Waals surface area contributed by atoms with Crippen LogP contribution in [-0.4, -0.2) is 17.6 Å². The van der Waals surface area contributed by atoms with Gasteiger partial charge in [-0.3, -0.25) is 0 Å². The SMILES string of the molecule is CCOC(=O)C(F)=Cc1coc(C)n1. The van der Waals surface area contributed by atoms with E-state index in [1.54, 1.807) is 13.8 Å². The molecule has 0 atom stereocenters. The third-order valence-corrected chi connectivity index (χ3v) is 1.38. The number of ether oxygens (including phenoxy) is 1. The number of aryl methyl sites for hydroxylation is 1. The fourth-order valence-corrected chi connectivity index (χ4v) is 0.835. The van der Waals surface area contributed by atoms with E-state index in [2.05, 4.69) is 9.72 Å². The highest BCUT2D eigenvalue weighted by Crippen LogP contribution is 2.09. The zero-order valence-corrected chi connectivity index (χ0v) is 7.91. The van der Waals surface area contributed by atoms with Crippen molar-refractivity contribution >= 4 is 12.0 Å². The second-order valence-electron chi connectivity index (χ2n) is 2.50. The second-order valence-corrected chi connectivity index (χ2v) is 2.50. The number of carbonyl (C=O) groups is 1. The van der Waals surface area contributed by atoms with Crippen LogP contribution in [0.3, 0.4) is 0 Å². The summed E-state index contributed by atoms with van der Waals surface area (Å²) in [6, 6.07) is 0. The molecule has 1 heterocycles. The Morgan fingerprint density at radius 3 is 3.00 bits per heavy atom. The molecule has 0 aromatic carbocycles. The second kappa shape index (κ2) is 4.55. The van der Waals surface area contributed by atoms with Crippen molar-refractivity contribution in [3.63, 3.8) is 0 Å². The molecule has 4 nitrogen and oxygen atoms in total. The highest BCUT2D eigenvalue weighted by molar-refractivity contribution is 5.90. The van der Waals surface area contributed by atoms with Gasteiger partial charge in [0.15, 0.2) is 5.89 Å². The molecular formula is C9H10FNO3. The van der Waals surface area contributed by atoms with Gasteiger partial charge in [0.1, 0.15) is 12.0 Å². The number of hydrogen-bond acceptors (Lipinski definition) is 4. The number of esters is 1. The van der Waals surface area contributed by atoms with Gasteiger partial charge < -0.3 is 9.15 Å². The van der Waals surface area contributed by atoms with Crippen LogP contribution in [0.1, 0.15) is 18.5 Å². The molecule has 0 amide bonds. The van der Waals surface area contributed by atoms with Crippen molar-refractivity contribution in [3.05, 3.63) is 23.7 Å². The predicted octanol–water partition coefficient (Wildman–Crippen LogP) is 1.86.